The van der Waals surface area contributed by atoms with Crippen LogP contribution < -0.4 is 16.4 Å². The number of hydrogen-bond donors (Lipinski definition) is 3. The van der Waals surface area contributed by atoms with Crippen LogP contribution in [-0.4, -0.2) is 28.0 Å². The van der Waals surface area contributed by atoms with E-state index in [0.29, 0.717) is 22.2 Å². The number of nitrogens with zero attached hydrogens (tertiary/aromatic N) is 2. The molecule has 6 nitrogen and oxygen atoms in total. The summed E-state index contributed by atoms with van der Waals surface area (Å²) in [6, 6.07) is 15.6. The maximum atomic E-state index is 12.6. The van der Waals surface area contributed by atoms with Gasteiger partial charge in [0.15, 0.2) is 0 Å². The van der Waals surface area contributed by atoms with Crippen LogP contribution in [0.1, 0.15) is 52.9 Å². The third-order valence-corrected chi connectivity index (χ3v) is 6.62. The first-order valence-corrected chi connectivity index (χ1v) is 11.7. The number of nitrogen functional groups attached to an aromatic ring is 1. The highest BCUT2D eigenvalue weighted by Gasteiger charge is 2.25. The fraction of sp³-hybridized carbons (Fsp3) is 0.269. The standard InChI is InChI=1S/C26H26ClN5O/c27-23-15-29-26(32-24(23)22-13-10-16-4-1-2-7-21(16)22)31-20-6-3-5-19(14-20)30-25(33)17-8-11-18(28)12-9-17/h1-2,4,7-9,11-13,15,19-20H,3,5-6,10,14,28H2,(H,30,33)(H,29,31,32)/t19-,20+/m0/s1. The number of fused-ring (bicyclic) bond motifs is 1. The van der Waals surface area contributed by atoms with E-state index < -0.39 is 0 Å². The van der Waals surface area contributed by atoms with Gasteiger partial charge in [-0.3, -0.25) is 4.79 Å². The van der Waals surface area contributed by atoms with Crippen molar-refractivity contribution in [3.05, 3.63) is 88.2 Å². The zero-order chi connectivity index (χ0) is 22.8. The van der Waals surface area contributed by atoms with Crippen molar-refractivity contribution in [3.8, 4) is 0 Å². The molecule has 1 aromatic heterocycles. The SMILES string of the molecule is Nc1ccc(C(=O)N[C@H]2CCC[C@@H](Nc3ncc(Cl)c(C4=CCc5ccccc54)n3)C2)cc1. The highest BCUT2D eigenvalue weighted by molar-refractivity contribution is 6.32. The topological polar surface area (TPSA) is 92.9 Å². The second-order valence-electron chi connectivity index (χ2n) is 8.67. The number of benzene rings is 2. The van der Waals surface area contributed by atoms with Crippen LogP contribution in [0.4, 0.5) is 11.6 Å². The normalized spacial score (nSPS) is 19.5. The molecule has 0 spiro atoms. The van der Waals surface area contributed by atoms with Crippen LogP contribution >= 0.6 is 11.6 Å². The van der Waals surface area contributed by atoms with Gasteiger partial charge in [-0.15, -0.1) is 0 Å². The second-order valence-corrected chi connectivity index (χ2v) is 9.08. The number of hydrogen-bond acceptors (Lipinski definition) is 5. The number of amides is 1. The van der Waals surface area contributed by atoms with E-state index >= 15 is 0 Å². The largest absolute Gasteiger partial charge is 0.399 e. The maximum absolute atomic E-state index is 12.6. The molecule has 0 radical (unpaired) electrons. The molecule has 7 heteroatoms. The number of halogens is 1. The van der Waals surface area contributed by atoms with Crippen molar-refractivity contribution in [2.45, 2.75) is 44.2 Å². The van der Waals surface area contributed by atoms with Crippen molar-refractivity contribution in [1.82, 2.24) is 15.3 Å². The molecule has 5 rings (SSSR count). The maximum Gasteiger partial charge on any atom is 0.251 e. The zero-order valence-electron chi connectivity index (χ0n) is 18.2. The molecule has 1 saturated carbocycles. The van der Waals surface area contributed by atoms with Crippen LogP contribution in [0.15, 0.2) is 60.8 Å². The van der Waals surface area contributed by atoms with Crippen molar-refractivity contribution in [1.29, 1.82) is 0 Å². The van der Waals surface area contributed by atoms with Crippen LogP contribution in [0.3, 0.4) is 0 Å². The van der Waals surface area contributed by atoms with E-state index in [1.54, 1.807) is 30.5 Å². The van der Waals surface area contributed by atoms with Gasteiger partial charge in [-0.2, -0.15) is 0 Å². The average molecular weight is 460 g/mol. The summed E-state index contributed by atoms with van der Waals surface area (Å²) >= 11 is 6.49. The van der Waals surface area contributed by atoms with Crippen molar-refractivity contribution >= 4 is 34.7 Å². The van der Waals surface area contributed by atoms with Crippen molar-refractivity contribution in [2.24, 2.45) is 0 Å². The number of carbonyl (C=O) groups excluding carboxylic acids is 1. The van der Waals surface area contributed by atoms with E-state index in [1.807, 2.05) is 6.07 Å². The molecule has 1 fully saturated rings. The Bertz CT molecular complexity index is 1210. The van der Waals surface area contributed by atoms with Gasteiger partial charge in [0.05, 0.1) is 16.9 Å². The number of allylic oxidation sites excluding steroid dienone is 1. The monoisotopic (exact) mass is 459 g/mol. The van der Waals surface area contributed by atoms with E-state index in [2.05, 4.69) is 39.9 Å². The summed E-state index contributed by atoms with van der Waals surface area (Å²) in [4.78, 5) is 21.8. The van der Waals surface area contributed by atoms with Gasteiger partial charge in [-0.25, -0.2) is 9.97 Å². The van der Waals surface area contributed by atoms with Crippen LogP contribution in [0.25, 0.3) is 5.57 Å². The third-order valence-electron chi connectivity index (χ3n) is 6.35. The first-order chi connectivity index (χ1) is 16.1. The lowest BCUT2D eigenvalue weighted by atomic mass is 9.91. The van der Waals surface area contributed by atoms with Gasteiger partial charge < -0.3 is 16.4 Å². The van der Waals surface area contributed by atoms with Crippen LogP contribution in [0.5, 0.6) is 0 Å². The summed E-state index contributed by atoms with van der Waals surface area (Å²) in [5.74, 6) is 0.493. The lowest BCUT2D eigenvalue weighted by molar-refractivity contribution is 0.0926. The summed E-state index contributed by atoms with van der Waals surface area (Å²) in [6.07, 6.45) is 8.50. The first-order valence-electron chi connectivity index (χ1n) is 11.3. The number of carbonyl (C=O) groups is 1. The predicted molar refractivity (Wildman–Crippen MR) is 132 cm³/mol. The first kappa shape index (κ1) is 21.5. The smallest absolute Gasteiger partial charge is 0.251 e. The van der Waals surface area contributed by atoms with Gasteiger partial charge in [0.1, 0.15) is 0 Å². The molecule has 0 unspecified atom stereocenters. The summed E-state index contributed by atoms with van der Waals surface area (Å²) in [7, 11) is 0. The molecule has 4 N–H and O–H groups in total. The van der Waals surface area contributed by atoms with Gasteiger partial charge in [-0.1, -0.05) is 41.9 Å². The number of anilines is 2. The lowest BCUT2D eigenvalue weighted by Gasteiger charge is -2.30. The number of nitrogens with two attached hydrogens (primary N) is 1. The Morgan fingerprint density at radius 3 is 2.70 bits per heavy atom. The zero-order valence-corrected chi connectivity index (χ0v) is 19.0. The lowest BCUT2D eigenvalue weighted by Crippen LogP contribution is -2.42. The molecule has 1 heterocycles. The van der Waals surface area contributed by atoms with Gasteiger partial charge in [-0.05, 0) is 67.5 Å². The summed E-state index contributed by atoms with van der Waals surface area (Å²) in [6.45, 7) is 0. The van der Waals surface area contributed by atoms with Gasteiger partial charge in [0.2, 0.25) is 5.95 Å². The Kier molecular flexibility index (Phi) is 6.01. The number of nitrogens with one attached hydrogen (secondary N) is 2. The molecular formula is C26H26ClN5O. The Hall–Kier alpha value is -3.38. The molecule has 0 aliphatic heterocycles. The van der Waals surface area contributed by atoms with Crippen molar-refractivity contribution in [2.75, 3.05) is 11.1 Å². The van der Waals surface area contributed by atoms with Gasteiger partial charge in [0, 0.05) is 28.9 Å². The Balaban J connectivity index is 1.26. The molecule has 2 aliphatic rings. The number of aromatic nitrogens is 2. The molecule has 3 aromatic rings. The molecule has 0 bridgehead atoms. The fourth-order valence-electron chi connectivity index (χ4n) is 4.67. The summed E-state index contributed by atoms with van der Waals surface area (Å²) < 4.78 is 0. The summed E-state index contributed by atoms with van der Waals surface area (Å²) in [5.41, 5.74) is 11.3. The predicted octanol–water partition coefficient (Wildman–Crippen LogP) is 4.85. The van der Waals surface area contributed by atoms with E-state index in [9.17, 15) is 4.79 Å². The highest BCUT2D eigenvalue weighted by atomic mass is 35.5. The Morgan fingerprint density at radius 1 is 1.06 bits per heavy atom. The van der Waals surface area contributed by atoms with Crippen molar-refractivity contribution in [3.63, 3.8) is 0 Å². The van der Waals surface area contributed by atoms with Crippen LogP contribution in [0.2, 0.25) is 5.02 Å². The highest BCUT2D eigenvalue weighted by Crippen LogP contribution is 2.35. The average Bonchev–Trinajstić information content (AvgIpc) is 3.25. The molecule has 2 atom stereocenters. The van der Waals surface area contributed by atoms with Gasteiger partial charge >= 0.3 is 0 Å². The van der Waals surface area contributed by atoms with E-state index in [0.717, 1.165) is 43.4 Å². The molecule has 33 heavy (non-hydrogen) atoms. The molecule has 168 valence electrons. The van der Waals surface area contributed by atoms with Gasteiger partial charge in [0.25, 0.3) is 5.91 Å². The Labute approximate surface area is 198 Å². The van der Waals surface area contributed by atoms with Crippen LogP contribution in [0, 0.1) is 0 Å². The minimum Gasteiger partial charge on any atom is -0.399 e. The van der Waals surface area contributed by atoms with E-state index in [1.165, 1.54) is 11.1 Å². The molecule has 1 amide bonds. The third kappa shape index (κ3) is 4.71. The second kappa shape index (κ2) is 9.24. The fourth-order valence-corrected chi connectivity index (χ4v) is 4.86. The Morgan fingerprint density at radius 2 is 1.85 bits per heavy atom. The molecule has 2 aromatic carbocycles. The van der Waals surface area contributed by atoms with Crippen LogP contribution in [-0.2, 0) is 6.42 Å². The van der Waals surface area contributed by atoms with Crippen molar-refractivity contribution < 1.29 is 4.79 Å². The number of rotatable bonds is 5. The minimum atomic E-state index is -0.0717. The minimum absolute atomic E-state index is 0.0717. The van der Waals surface area contributed by atoms with E-state index in [-0.39, 0.29) is 18.0 Å². The molecule has 2 aliphatic carbocycles. The molecule has 0 saturated heterocycles. The quantitative estimate of drug-likeness (QED) is 0.474. The summed E-state index contributed by atoms with van der Waals surface area (Å²) in [5, 5.41) is 7.17. The molecular weight excluding hydrogens is 434 g/mol. The van der Waals surface area contributed by atoms with E-state index in [4.69, 9.17) is 22.3 Å².